The van der Waals surface area contributed by atoms with Crippen molar-refractivity contribution >= 4 is 14.3 Å². The van der Waals surface area contributed by atoms with Gasteiger partial charge in [-0.15, -0.1) is 0 Å². The first-order valence-corrected chi connectivity index (χ1v) is 9.88. The molecule has 0 atom stereocenters. The number of hydrogen-bond donors (Lipinski definition) is 0. The van der Waals surface area contributed by atoms with Gasteiger partial charge in [0.1, 0.15) is 0 Å². The van der Waals surface area contributed by atoms with E-state index < -0.39 is 8.32 Å². The minimum Gasteiger partial charge on any atom is -0.466 e. The van der Waals surface area contributed by atoms with Crippen molar-refractivity contribution < 1.29 is 14.0 Å². The third kappa shape index (κ3) is 3.82. The average molecular weight is 272 g/mol. The summed E-state index contributed by atoms with van der Waals surface area (Å²) in [6, 6.07) is 0. The standard InChI is InChI=1S/C14H28O3Si/c1-7-16-13(15)12-8-11(9-12)10-17-18(5,6)14(2,3)4/h11-12H,7-10H2,1-6H3. The van der Waals surface area contributed by atoms with Crippen molar-refractivity contribution in [1.82, 2.24) is 0 Å². The molecule has 1 rings (SSSR count). The van der Waals surface area contributed by atoms with E-state index in [1.807, 2.05) is 6.92 Å². The Hall–Kier alpha value is -0.353. The van der Waals surface area contributed by atoms with E-state index in [-0.39, 0.29) is 16.9 Å². The molecule has 0 bridgehead atoms. The fraction of sp³-hybridized carbons (Fsp3) is 0.929. The van der Waals surface area contributed by atoms with Crippen LogP contribution in [0.5, 0.6) is 0 Å². The molecular formula is C14H28O3Si. The molecule has 18 heavy (non-hydrogen) atoms. The summed E-state index contributed by atoms with van der Waals surface area (Å²) in [6.45, 7) is 14.5. The number of rotatable bonds is 5. The van der Waals surface area contributed by atoms with Crippen LogP contribution in [-0.4, -0.2) is 27.5 Å². The predicted octanol–water partition coefficient (Wildman–Crippen LogP) is 3.60. The zero-order chi connectivity index (χ0) is 14.0. The maximum atomic E-state index is 11.5. The summed E-state index contributed by atoms with van der Waals surface area (Å²) in [4.78, 5) is 11.5. The smallest absolute Gasteiger partial charge is 0.308 e. The lowest BCUT2D eigenvalue weighted by atomic mass is 9.75. The molecule has 0 unspecified atom stereocenters. The van der Waals surface area contributed by atoms with Crippen LogP contribution in [-0.2, 0) is 14.0 Å². The fourth-order valence-corrected chi connectivity index (χ4v) is 2.95. The lowest BCUT2D eigenvalue weighted by Gasteiger charge is -2.40. The molecule has 1 saturated carbocycles. The van der Waals surface area contributed by atoms with Crippen molar-refractivity contribution in [3.05, 3.63) is 0 Å². The summed E-state index contributed by atoms with van der Waals surface area (Å²) in [6.07, 6.45) is 1.88. The highest BCUT2D eigenvalue weighted by Gasteiger charge is 2.40. The highest BCUT2D eigenvalue weighted by molar-refractivity contribution is 6.74. The van der Waals surface area contributed by atoms with Crippen molar-refractivity contribution in [2.45, 2.75) is 58.7 Å². The topological polar surface area (TPSA) is 35.5 Å². The van der Waals surface area contributed by atoms with Gasteiger partial charge in [0.25, 0.3) is 0 Å². The Morgan fingerprint density at radius 1 is 1.28 bits per heavy atom. The van der Waals surface area contributed by atoms with E-state index >= 15 is 0 Å². The van der Waals surface area contributed by atoms with Gasteiger partial charge in [0, 0.05) is 6.61 Å². The Labute approximate surface area is 112 Å². The lowest BCUT2D eigenvalue weighted by Crippen LogP contribution is -2.44. The van der Waals surface area contributed by atoms with Gasteiger partial charge in [0.2, 0.25) is 0 Å². The summed E-state index contributed by atoms with van der Waals surface area (Å²) < 4.78 is 11.2. The minimum absolute atomic E-state index is 0.0268. The zero-order valence-electron chi connectivity index (χ0n) is 12.7. The van der Waals surface area contributed by atoms with E-state index in [1.54, 1.807) is 0 Å². The molecule has 3 nitrogen and oxygen atoms in total. The van der Waals surface area contributed by atoms with E-state index in [2.05, 4.69) is 33.9 Å². The Kier molecular flexibility index (Phi) is 5.01. The molecule has 106 valence electrons. The second kappa shape index (κ2) is 5.74. The normalized spacial score (nSPS) is 24.6. The number of ether oxygens (including phenoxy) is 1. The molecule has 0 aliphatic heterocycles. The van der Waals surface area contributed by atoms with Gasteiger partial charge >= 0.3 is 5.97 Å². The molecule has 4 heteroatoms. The van der Waals surface area contributed by atoms with E-state index in [1.165, 1.54) is 0 Å². The number of hydrogen-bond acceptors (Lipinski definition) is 3. The van der Waals surface area contributed by atoms with Crippen LogP contribution in [0.25, 0.3) is 0 Å². The van der Waals surface area contributed by atoms with E-state index in [0.29, 0.717) is 12.5 Å². The largest absolute Gasteiger partial charge is 0.466 e. The molecule has 1 fully saturated rings. The van der Waals surface area contributed by atoms with Gasteiger partial charge in [0.15, 0.2) is 8.32 Å². The summed E-state index contributed by atoms with van der Waals surface area (Å²) in [5, 5.41) is 0.261. The van der Waals surface area contributed by atoms with Crippen molar-refractivity contribution in [3.8, 4) is 0 Å². The second-order valence-electron chi connectivity index (χ2n) is 6.86. The summed E-state index contributed by atoms with van der Waals surface area (Å²) in [5.41, 5.74) is 0. The number of esters is 1. The molecule has 0 saturated heterocycles. The molecule has 0 aromatic carbocycles. The highest BCUT2D eigenvalue weighted by atomic mass is 28.4. The highest BCUT2D eigenvalue weighted by Crippen LogP contribution is 2.40. The molecule has 0 aromatic heterocycles. The van der Waals surface area contributed by atoms with Gasteiger partial charge in [-0.3, -0.25) is 4.79 Å². The minimum atomic E-state index is -1.63. The van der Waals surface area contributed by atoms with Crippen molar-refractivity contribution in [2.75, 3.05) is 13.2 Å². The van der Waals surface area contributed by atoms with Crippen LogP contribution in [0.1, 0.15) is 40.5 Å². The Bertz CT molecular complexity index is 288. The summed E-state index contributed by atoms with van der Waals surface area (Å²) in [7, 11) is -1.63. The fourth-order valence-electron chi connectivity index (χ4n) is 1.87. The second-order valence-corrected chi connectivity index (χ2v) is 11.7. The van der Waals surface area contributed by atoms with Crippen LogP contribution in [0.2, 0.25) is 18.1 Å². The third-order valence-electron chi connectivity index (χ3n) is 4.34. The SMILES string of the molecule is CCOC(=O)C1CC(CO[Si](C)(C)C(C)(C)C)C1. The van der Waals surface area contributed by atoms with Crippen molar-refractivity contribution in [1.29, 1.82) is 0 Å². The van der Waals surface area contributed by atoms with Crippen LogP contribution in [0.4, 0.5) is 0 Å². The first-order chi connectivity index (χ1) is 8.17. The first kappa shape index (κ1) is 15.7. The average Bonchev–Trinajstić information content (AvgIpc) is 2.13. The zero-order valence-corrected chi connectivity index (χ0v) is 13.7. The van der Waals surface area contributed by atoms with Crippen LogP contribution in [0, 0.1) is 11.8 Å². The molecule has 0 heterocycles. The molecule has 0 N–H and O–H groups in total. The van der Waals surface area contributed by atoms with Crippen LogP contribution >= 0.6 is 0 Å². The quantitative estimate of drug-likeness (QED) is 0.566. The lowest BCUT2D eigenvalue weighted by molar-refractivity contribution is -0.153. The first-order valence-electron chi connectivity index (χ1n) is 6.98. The van der Waals surface area contributed by atoms with Gasteiger partial charge in [-0.2, -0.15) is 0 Å². The summed E-state index contributed by atoms with van der Waals surface area (Å²) in [5.74, 6) is 0.646. The molecule has 1 aliphatic carbocycles. The van der Waals surface area contributed by atoms with Crippen LogP contribution in [0.3, 0.4) is 0 Å². The van der Waals surface area contributed by atoms with Gasteiger partial charge in [-0.1, -0.05) is 20.8 Å². The third-order valence-corrected chi connectivity index (χ3v) is 8.84. The molecule has 0 aromatic rings. The number of carbonyl (C=O) groups is 1. The van der Waals surface area contributed by atoms with E-state index in [9.17, 15) is 4.79 Å². The van der Waals surface area contributed by atoms with Gasteiger partial charge in [-0.05, 0) is 43.8 Å². The van der Waals surface area contributed by atoms with Gasteiger partial charge < -0.3 is 9.16 Å². The molecule has 0 radical (unpaired) electrons. The van der Waals surface area contributed by atoms with Crippen molar-refractivity contribution in [2.24, 2.45) is 11.8 Å². The molecule has 0 spiro atoms. The molecular weight excluding hydrogens is 244 g/mol. The van der Waals surface area contributed by atoms with Crippen molar-refractivity contribution in [3.63, 3.8) is 0 Å². The monoisotopic (exact) mass is 272 g/mol. The molecule has 0 amide bonds. The van der Waals surface area contributed by atoms with E-state index in [4.69, 9.17) is 9.16 Å². The Morgan fingerprint density at radius 2 is 1.83 bits per heavy atom. The Balaban J connectivity index is 2.27. The van der Waals surface area contributed by atoms with E-state index in [0.717, 1.165) is 19.4 Å². The maximum Gasteiger partial charge on any atom is 0.308 e. The van der Waals surface area contributed by atoms with Gasteiger partial charge in [-0.25, -0.2) is 0 Å². The predicted molar refractivity (Wildman–Crippen MR) is 76.0 cm³/mol. The Morgan fingerprint density at radius 3 is 2.28 bits per heavy atom. The molecule has 1 aliphatic rings. The maximum absolute atomic E-state index is 11.5. The number of carbonyl (C=O) groups excluding carboxylic acids is 1. The summed E-state index contributed by atoms with van der Waals surface area (Å²) >= 11 is 0. The van der Waals surface area contributed by atoms with Crippen LogP contribution in [0.15, 0.2) is 0 Å². The van der Waals surface area contributed by atoms with Gasteiger partial charge in [0.05, 0.1) is 12.5 Å². The van der Waals surface area contributed by atoms with Crippen LogP contribution < -0.4 is 0 Å².